The number of amides is 1. The lowest BCUT2D eigenvalue weighted by atomic mass is 10.1. The third-order valence-electron chi connectivity index (χ3n) is 5.28. The van der Waals surface area contributed by atoms with Crippen molar-refractivity contribution in [2.24, 2.45) is 5.73 Å². The summed E-state index contributed by atoms with van der Waals surface area (Å²) >= 11 is 0. The van der Waals surface area contributed by atoms with Crippen molar-refractivity contribution in [2.75, 3.05) is 18.1 Å². The molecule has 1 atom stereocenters. The molecular weight excluding hydrogens is 372 g/mol. The first-order chi connectivity index (χ1) is 14.1. The molecule has 0 bridgehead atoms. The van der Waals surface area contributed by atoms with Gasteiger partial charge in [-0.1, -0.05) is 18.2 Å². The van der Waals surface area contributed by atoms with E-state index in [1.165, 1.54) is 6.26 Å². The summed E-state index contributed by atoms with van der Waals surface area (Å²) in [7, 11) is 0. The summed E-state index contributed by atoms with van der Waals surface area (Å²) in [5.41, 5.74) is 9.70. The minimum Gasteiger partial charge on any atom is -0.471 e. The minimum absolute atomic E-state index is 0.216. The fraction of sp³-hybridized carbons (Fsp3) is 0.286. The van der Waals surface area contributed by atoms with Gasteiger partial charge in [0.05, 0.1) is 17.8 Å². The molecule has 8 heteroatoms. The monoisotopic (exact) mass is 392 g/mol. The van der Waals surface area contributed by atoms with Crippen LogP contribution in [0.4, 0.5) is 10.5 Å². The van der Waals surface area contributed by atoms with Crippen LogP contribution in [0.5, 0.6) is 5.88 Å². The maximum Gasteiger partial charge on any atom is 0.414 e. The molecule has 5 rings (SSSR count). The van der Waals surface area contributed by atoms with Crippen LogP contribution < -0.4 is 15.4 Å². The van der Waals surface area contributed by atoms with E-state index >= 15 is 0 Å². The van der Waals surface area contributed by atoms with Crippen LogP contribution in [-0.4, -0.2) is 35.5 Å². The Bertz CT molecular complexity index is 998. The van der Waals surface area contributed by atoms with Crippen molar-refractivity contribution in [3.8, 4) is 17.0 Å². The van der Waals surface area contributed by atoms with E-state index in [1.807, 2.05) is 42.6 Å². The quantitative estimate of drug-likeness (QED) is 0.687. The summed E-state index contributed by atoms with van der Waals surface area (Å²) in [6.07, 6.45) is 4.48. The Labute approximate surface area is 167 Å². The fourth-order valence-electron chi connectivity index (χ4n) is 3.36. The second-order valence-electron chi connectivity index (χ2n) is 7.40. The Morgan fingerprint density at radius 2 is 1.93 bits per heavy atom. The summed E-state index contributed by atoms with van der Waals surface area (Å²) in [4.78, 5) is 18.3. The van der Waals surface area contributed by atoms with Gasteiger partial charge in [-0.2, -0.15) is 0 Å². The first-order valence-corrected chi connectivity index (χ1v) is 9.48. The van der Waals surface area contributed by atoms with Gasteiger partial charge in [0.1, 0.15) is 12.9 Å². The number of anilines is 1. The molecular formula is C21H20N4O4. The van der Waals surface area contributed by atoms with Crippen molar-refractivity contribution in [1.82, 2.24) is 10.1 Å². The molecule has 0 radical (unpaired) electrons. The Hall–Kier alpha value is -3.39. The highest BCUT2D eigenvalue weighted by Gasteiger charge is 2.41. The van der Waals surface area contributed by atoms with E-state index in [1.54, 1.807) is 11.0 Å². The van der Waals surface area contributed by atoms with Crippen molar-refractivity contribution in [3.63, 3.8) is 0 Å². The number of carbonyl (C=O) groups excluding carboxylic acids is 1. The molecule has 1 saturated carbocycles. The molecule has 1 amide bonds. The summed E-state index contributed by atoms with van der Waals surface area (Å²) in [6.45, 7) is 0.623. The van der Waals surface area contributed by atoms with Gasteiger partial charge < -0.3 is 19.7 Å². The molecule has 1 saturated heterocycles. The molecule has 3 heterocycles. The highest BCUT2D eigenvalue weighted by atomic mass is 16.6. The van der Waals surface area contributed by atoms with Crippen LogP contribution in [0.25, 0.3) is 11.1 Å². The maximum absolute atomic E-state index is 12.2. The number of hydrogen-bond donors (Lipinski definition) is 1. The molecule has 1 unspecified atom stereocenters. The molecule has 1 aromatic carbocycles. The van der Waals surface area contributed by atoms with Crippen LogP contribution in [0.1, 0.15) is 18.5 Å². The minimum atomic E-state index is -0.393. The number of aromatic nitrogens is 2. The standard InChI is InChI=1S/C21H20N4O4/c22-21(8-9-21)18-6-3-15(11-23-18)14-1-4-16(5-2-14)25-12-17(29-20(25)26)13-27-19-7-10-28-24-19/h1-7,10-11,17H,8-9,12-13,22H2. The molecule has 3 aromatic rings. The Morgan fingerprint density at radius 3 is 2.59 bits per heavy atom. The topological polar surface area (TPSA) is 104 Å². The summed E-state index contributed by atoms with van der Waals surface area (Å²) in [5, 5.41) is 3.67. The fourth-order valence-corrected chi connectivity index (χ4v) is 3.36. The Morgan fingerprint density at radius 1 is 1.14 bits per heavy atom. The second kappa shape index (κ2) is 6.89. The maximum atomic E-state index is 12.2. The number of pyridine rings is 1. The van der Waals surface area contributed by atoms with Crippen LogP contribution in [0.2, 0.25) is 0 Å². The average molecular weight is 392 g/mol. The number of cyclic esters (lactones) is 1. The number of nitrogens with zero attached hydrogens (tertiary/aromatic N) is 3. The van der Waals surface area contributed by atoms with Crippen LogP contribution in [-0.2, 0) is 10.3 Å². The normalized spacial score (nSPS) is 19.8. The van der Waals surface area contributed by atoms with Gasteiger partial charge in [-0.3, -0.25) is 9.88 Å². The van der Waals surface area contributed by atoms with E-state index in [4.69, 9.17) is 19.7 Å². The van der Waals surface area contributed by atoms with Gasteiger partial charge in [0.2, 0.25) is 0 Å². The summed E-state index contributed by atoms with van der Waals surface area (Å²) in [5.74, 6) is 0.366. The molecule has 2 aromatic heterocycles. The number of hydrogen-bond acceptors (Lipinski definition) is 7. The molecule has 0 spiro atoms. The van der Waals surface area contributed by atoms with E-state index < -0.39 is 6.09 Å². The molecule has 8 nitrogen and oxygen atoms in total. The van der Waals surface area contributed by atoms with Gasteiger partial charge in [0.25, 0.3) is 5.88 Å². The first kappa shape index (κ1) is 17.7. The lowest BCUT2D eigenvalue weighted by molar-refractivity contribution is 0.102. The van der Waals surface area contributed by atoms with Gasteiger partial charge in [-0.05, 0) is 41.8 Å². The molecule has 29 heavy (non-hydrogen) atoms. The number of benzene rings is 1. The van der Waals surface area contributed by atoms with E-state index in [2.05, 4.69) is 10.1 Å². The van der Waals surface area contributed by atoms with Gasteiger partial charge in [-0.15, -0.1) is 0 Å². The number of rotatable bonds is 6. The highest BCUT2D eigenvalue weighted by molar-refractivity contribution is 5.90. The zero-order chi connectivity index (χ0) is 19.8. The summed E-state index contributed by atoms with van der Waals surface area (Å²) < 4.78 is 15.5. The van der Waals surface area contributed by atoms with Crippen molar-refractivity contribution in [3.05, 3.63) is 60.6 Å². The van der Waals surface area contributed by atoms with Gasteiger partial charge >= 0.3 is 6.09 Å². The molecule has 1 aliphatic heterocycles. The van der Waals surface area contributed by atoms with Crippen molar-refractivity contribution < 1.29 is 18.8 Å². The zero-order valence-electron chi connectivity index (χ0n) is 15.7. The second-order valence-corrected chi connectivity index (χ2v) is 7.40. The van der Waals surface area contributed by atoms with Crippen LogP contribution in [0.15, 0.2) is 59.4 Å². The lowest BCUT2D eigenvalue weighted by Crippen LogP contribution is -2.26. The third-order valence-corrected chi connectivity index (χ3v) is 5.28. The van der Waals surface area contributed by atoms with Crippen LogP contribution in [0, 0.1) is 0 Å². The molecule has 2 fully saturated rings. The Balaban J connectivity index is 1.24. The molecule has 1 aliphatic carbocycles. The van der Waals surface area contributed by atoms with E-state index in [0.29, 0.717) is 12.4 Å². The Kier molecular flexibility index (Phi) is 4.21. The first-order valence-electron chi connectivity index (χ1n) is 9.48. The van der Waals surface area contributed by atoms with Crippen molar-refractivity contribution in [2.45, 2.75) is 24.5 Å². The number of carbonyl (C=O) groups is 1. The predicted octanol–water partition coefficient (Wildman–Crippen LogP) is 3.09. The van der Waals surface area contributed by atoms with E-state index in [-0.39, 0.29) is 18.2 Å². The zero-order valence-corrected chi connectivity index (χ0v) is 15.7. The summed E-state index contributed by atoms with van der Waals surface area (Å²) in [6, 6.07) is 13.4. The smallest absolute Gasteiger partial charge is 0.414 e. The largest absolute Gasteiger partial charge is 0.471 e. The van der Waals surface area contributed by atoms with Crippen molar-refractivity contribution >= 4 is 11.8 Å². The van der Waals surface area contributed by atoms with E-state index in [0.717, 1.165) is 35.3 Å². The van der Waals surface area contributed by atoms with Gasteiger partial charge in [0.15, 0.2) is 6.10 Å². The molecule has 148 valence electrons. The van der Waals surface area contributed by atoms with Crippen LogP contribution in [0.3, 0.4) is 0 Å². The number of ether oxygens (including phenoxy) is 2. The average Bonchev–Trinajstić information content (AvgIpc) is 3.15. The van der Waals surface area contributed by atoms with Crippen molar-refractivity contribution in [1.29, 1.82) is 0 Å². The highest BCUT2D eigenvalue weighted by Crippen LogP contribution is 2.41. The molecule has 2 N–H and O–H groups in total. The molecule has 2 aliphatic rings. The van der Waals surface area contributed by atoms with Crippen LogP contribution >= 0.6 is 0 Å². The number of nitrogens with two attached hydrogens (primary N) is 1. The van der Waals surface area contributed by atoms with Gasteiger partial charge in [-0.25, -0.2) is 4.79 Å². The third kappa shape index (κ3) is 3.54. The van der Waals surface area contributed by atoms with E-state index in [9.17, 15) is 4.79 Å². The SMILES string of the molecule is NC1(c2ccc(-c3ccc(N4CC(COc5ccon5)OC4=O)cc3)cn2)CC1. The predicted molar refractivity (Wildman–Crippen MR) is 104 cm³/mol. The lowest BCUT2D eigenvalue weighted by Gasteiger charge is -2.14. The van der Waals surface area contributed by atoms with Gasteiger partial charge in [0, 0.05) is 23.5 Å².